The third-order valence-electron chi connectivity index (χ3n) is 1.59. The number of rotatable bonds is 7. The third kappa shape index (κ3) is 8.91. The van der Waals surface area contributed by atoms with Crippen molar-refractivity contribution in [3.63, 3.8) is 0 Å². The molecular weight excluding hydrogens is 228 g/mol. The minimum atomic E-state index is -1.11. The Labute approximate surface area is 98.8 Å². The fraction of sp³-hybridized carbons (Fsp3) is 0.500. The quantitative estimate of drug-likeness (QED) is 0.402. The number of carboxylic acid groups (broad SMARTS) is 1. The zero-order chi connectivity index (χ0) is 13.3. The van der Waals surface area contributed by atoms with E-state index in [4.69, 9.17) is 5.11 Å². The van der Waals surface area contributed by atoms with Crippen molar-refractivity contribution in [2.75, 3.05) is 19.7 Å². The van der Waals surface area contributed by atoms with E-state index in [1.165, 1.54) is 6.08 Å². The molecule has 0 aliphatic heterocycles. The number of carboxylic acids is 1. The van der Waals surface area contributed by atoms with Crippen LogP contribution in [0.4, 0.5) is 0 Å². The van der Waals surface area contributed by atoms with Gasteiger partial charge in [-0.15, -0.1) is 0 Å². The number of amides is 1. The first-order valence-corrected chi connectivity index (χ1v) is 5.03. The van der Waals surface area contributed by atoms with Gasteiger partial charge in [0.25, 0.3) is 0 Å². The van der Waals surface area contributed by atoms with Crippen LogP contribution in [0.15, 0.2) is 11.8 Å². The highest BCUT2D eigenvalue weighted by Crippen LogP contribution is 1.88. The Balaban J connectivity index is 3.90. The van der Waals surface area contributed by atoms with Crippen LogP contribution in [0.25, 0.3) is 0 Å². The lowest BCUT2D eigenvalue weighted by Gasteiger charge is -2.06. The van der Waals surface area contributed by atoms with Gasteiger partial charge in [0.15, 0.2) is 0 Å². The highest BCUT2D eigenvalue weighted by atomic mass is 16.5. The summed E-state index contributed by atoms with van der Waals surface area (Å²) in [7, 11) is 0. The van der Waals surface area contributed by atoms with E-state index in [0.717, 1.165) is 0 Å². The van der Waals surface area contributed by atoms with Crippen molar-refractivity contribution < 1.29 is 24.2 Å². The summed E-state index contributed by atoms with van der Waals surface area (Å²) in [4.78, 5) is 32.2. The van der Waals surface area contributed by atoms with Gasteiger partial charge in [-0.25, -0.2) is 4.79 Å². The fourth-order valence-corrected chi connectivity index (χ4v) is 0.868. The zero-order valence-corrected chi connectivity index (χ0v) is 9.78. The number of hydrogen-bond acceptors (Lipinski definition) is 5. The van der Waals surface area contributed by atoms with Crippen LogP contribution in [0.1, 0.15) is 13.8 Å². The minimum absolute atomic E-state index is 0.102. The first-order valence-electron chi connectivity index (χ1n) is 5.03. The molecule has 0 aliphatic rings. The van der Waals surface area contributed by atoms with Crippen molar-refractivity contribution in [1.82, 2.24) is 10.6 Å². The normalized spacial score (nSPS) is 10.6. The molecule has 0 aromatic heterocycles. The Kier molecular flexibility index (Phi) is 7.16. The number of hydrogen-bond donors (Lipinski definition) is 3. The summed E-state index contributed by atoms with van der Waals surface area (Å²) in [5.41, 5.74) is 0.467. The molecule has 0 saturated carbocycles. The average Bonchev–Trinajstić information content (AvgIpc) is 2.23. The van der Waals surface area contributed by atoms with Gasteiger partial charge in [-0.05, 0) is 13.8 Å². The fourth-order valence-electron chi connectivity index (χ4n) is 0.868. The Bertz CT molecular complexity index is 325. The standard InChI is InChI=1S/C10H16N2O5/c1-3-17-10(16)4-7(2)11-5-8(13)12-6-9(14)15/h4,11H,3,5-6H2,1-2H3,(H,12,13)(H,14,15). The maximum Gasteiger partial charge on any atom is 0.332 e. The Morgan fingerprint density at radius 3 is 2.41 bits per heavy atom. The van der Waals surface area contributed by atoms with Gasteiger partial charge in [0.05, 0.1) is 13.2 Å². The predicted molar refractivity (Wildman–Crippen MR) is 59.0 cm³/mol. The van der Waals surface area contributed by atoms with E-state index in [0.29, 0.717) is 5.70 Å². The smallest absolute Gasteiger partial charge is 0.332 e. The van der Waals surface area contributed by atoms with E-state index >= 15 is 0 Å². The summed E-state index contributed by atoms with van der Waals surface area (Å²) in [6.07, 6.45) is 1.22. The van der Waals surface area contributed by atoms with Crippen molar-refractivity contribution in [2.45, 2.75) is 13.8 Å². The second-order valence-electron chi connectivity index (χ2n) is 3.10. The molecule has 96 valence electrons. The molecule has 0 bridgehead atoms. The van der Waals surface area contributed by atoms with Crippen LogP contribution in [0.3, 0.4) is 0 Å². The molecule has 0 heterocycles. The van der Waals surface area contributed by atoms with E-state index in [1.807, 2.05) is 0 Å². The summed E-state index contributed by atoms with van der Waals surface area (Å²) in [6.45, 7) is 3.03. The molecule has 0 spiro atoms. The maximum atomic E-state index is 11.1. The number of aliphatic carboxylic acids is 1. The van der Waals surface area contributed by atoms with Crippen LogP contribution in [-0.2, 0) is 19.1 Å². The first-order chi connectivity index (χ1) is 7.95. The highest BCUT2D eigenvalue weighted by Gasteiger charge is 2.04. The molecule has 0 unspecified atom stereocenters. The lowest BCUT2D eigenvalue weighted by Crippen LogP contribution is -2.36. The van der Waals surface area contributed by atoms with E-state index < -0.39 is 24.4 Å². The van der Waals surface area contributed by atoms with Crippen LogP contribution >= 0.6 is 0 Å². The molecule has 0 atom stereocenters. The molecule has 17 heavy (non-hydrogen) atoms. The average molecular weight is 244 g/mol. The molecular formula is C10H16N2O5. The lowest BCUT2D eigenvalue weighted by molar-refractivity contribution is -0.138. The summed E-state index contributed by atoms with van der Waals surface area (Å²) in [6, 6.07) is 0. The van der Waals surface area contributed by atoms with Crippen LogP contribution in [0.5, 0.6) is 0 Å². The molecule has 7 nitrogen and oxygen atoms in total. The summed E-state index contributed by atoms with van der Waals surface area (Å²) in [5.74, 6) is -2.08. The van der Waals surface area contributed by atoms with Gasteiger partial charge in [-0.2, -0.15) is 0 Å². The number of ether oxygens (including phenoxy) is 1. The highest BCUT2D eigenvalue weighted by molar-refractivity contribution is 5.84. The number of nitrogens with one attached hydrogen (secondary N) is 2. The van der Waals surface area contributed by atoms with Crippen molar-refractivity contribution in [2.24, 2.45) is 0 Å². The minimum Gasteiger partial charge on any atom is -0.480 e. The van der Waals surface area contributed by atoms with Gasteiger partial charge in [0.1, 0.15) is 6.54 Å². The van der Waals surface area contributed by atoms with E-state index in [-0.39, 0.29) is 13.2 Å². The van der Waals surface area contributed by atoms with E-state index in [2.05, 4.69) is 15.4 Å². The van der Waals surface area contributed by atoms with Gasteiger partial charge >= 0.3 is 11.9 Å². The second-order valence-corrected chi connectivity index (χ2v) is 3.10. The van der Waals surface area contributed by atoms with Gasteiger partial charge in [0, 0.05) is 11.8 Å². The maximum absolute atomic E-state index is 11.1. The molecule has 3 N–H and O–H groups in total. The Hall–Kier alpha value is -2.05. The van der Waals surface area contributed by atoms with E-state index in [9.17, 15) is 14.4 Å². The van der Waals surface area contributed by atoms with Crippen LogP contribution < -0.4 is 10.6 Å². The molecule has 0 aromatic carbocycles. The SMILES string of the molecule is CCOC(=O)C=C(C)NCC(=O)NCC(=O)O. The molecule has 0 rings (SSSR count). The van der Waals surface area contributed by atoms with Crippen molar-refractivity contribution >= 4 is 17.8 Å². The summed E-state index contributed by atoms with van der Waals surface area (Å²) < 4.78 is 4.66. The van der Waals surface area contributed by atoms with Gasteiger partial charge in [-0.3, -0.25) is 9.59 Å². The number of carbonyl (C=O) groups excluding carboxylic acids is 2. The largest absolute Gasteiger partial charge is 0.480 e. The monoisotopic (exact) mass is 244 g/mol. The molecule has 0 radical (unpaired) electrons. The summed E-state index contributed by atoms with van der Waals surface area (Å²) in [5, 5.41) is 13.1. The predicted octanol–water partition coefficient (Wildman–Crippen LogP) is -0.756. The lowest BCUT2D eigenvalue weighted by atomic mass is 10.4. The number of carbonyl (C=O) groups is 3. The Morgan fingerprint density at radius 1 is 1.24 bits per heavy atom. The zero-order valence-electron chi connectivity index (χ0n) is 9.78. The molecule has 0 aliphatic carbocycles. The molecule has 0 saturated heterocycles. The number of esters is 1. The van der Waals surface area contributed by atoms with Crippen LogP contribution in [-0.4, -0.2) is 42.6 Å². The second kappa shape index (κ2) is 8.14. The van der Waals surface area contributed by atoms with Gasteiger partial charge in [-0.1, -0.05) is 0 Å². The van der Waals surface area contributed by atoms with Crippen molar-refractivity contribution in [3.05, 3.63) is 11.8 Å². The summed E-state index contributed by atoms with van der Waals surface area (Å²) >= 11 is 0. The van der Waals surface area contributed by atoms with Crippen molar-refractivity contribution in [1.29, 1.82) is 0 Å². The van der Waals surface area contributed by atoms with Gasteiger partial charge < -0.3 is 20.5 Å². The molecule has 0 aromatic rings. The Morgan fingerprint density at radius 2 is 1.88 bits per heavy atom. The molecule has 7 heteroatoms. The first kappa shape index (κ1) is 14.9. The van der Waals surface area contributed by atoms with E-state index in [1.54, 1.807) is 13.8 Å². The van der Waals surface area contributed by atoms with Crippen LogP contribution in [0, 0.1) is 0 Å². The molecule has 1 amide bonds. The van der Waals surface area contributed by atoms with Crippen molar-refractivity contribution in [3.8, 4) is 0 Å². The third-order valence-corrected chi connectivity index (χ3v) is 1.59. The van der Waals surface area contributed by atoms with Crippen LogP contribution in [0.2, 0.25) is 0 Å². The number of allylic oxidation sites excluding steroid dienone is 1. The topological polar surface area (TPSA) is 105 Å². The van der Waals surface area contributed by atoms with Gasteiger partial charge in [0.2, 0.25) is 5.91 Å². The molecule has 0 fully saturated rings.